The van der Waals surface area contributed by atoms with E-state index in [4.69, 9.17) is 4.74 Å². The van der Waals surface area contributed by atoms with Gasteiger partial charge in [-0.2, -0.15) is 11.8 Å². The van der Waals surface area contributed by atoms with Crippen molar-refractivity contribution in [3.8, 4) is 0 Å². The Bertz CT molecular complexity index is 843. The molecule has 1 aromatic carbocycles. The molecule has 0 radical (unpaired) electrons. The predicted octanol–water partition coefficient (Wildman–Crippen LogP) is 4.36. The topological polar surface area (TPSA) is 87.7 Å². The number of ether oxygens (including phenoxy) is 1. The average Bonchev–Trinajstić information content (AvgIpc) is 2.63. The molecule has 2 atom stereocenters. The van der Waals surface area contributed by atoms with Crippen LogP contribution in [0.25, 0.3) is 0 Å². The Balaban J connectivity index is 3.32. The third kappa shape index (κ3) is 9.66. The number of carbonyl (C=O) groups is 3. The van der Waals surface area contributed by atoms with Gasteiger partial charge in [0.05, 0.1) is 0 Å². The molecule has 7 nitrogen and oxygen atoms in total. The van der Waals surface area contributed by atoms with E-state index in [1.807, 2.05) is 59.1 Å². The maximum atomic E-state index is 13.6. The molecule has 0 spiro atoms. The van der Waals surface area contributed by atoms with Gasteiger partial charge in [0.2, 0.25) is 11.8 Å². The van der Waals surface area contributed by atoms with Crippen LogP contribution in [-0.4, -0.2) is 59.0 Å². The van der Waals surface area contributed by atoms with Gasteiger partial charge < -0.3 is 20.3 Å². The van der Waals surface area contributed by atoms with E-state index in [-0.39, 0.29) is 11.8 Å². The maximum absolute atomic E-state index is 13.6. The number of nitrogens with zero attached hydrogens (tertiary/aromatic N) is 1. The largest absolute Gasteiger partial charge is 0.444 e. The van der Waals surface area contributed by atoms with Crippen LogP contribution in [0.2, 0.25) is 0 Å². The standard InChI is InChI=1S/C25H41N3O4S/c1-16-11-12-18(17(2)15-16)20(21(29)27-24(3,4)5)28(9)22(30)19(13-14-33-10)26-23(31)32-25(6,7)8/h11-12,15,19-20H,13-14H2,1-10H3,(H,26,31)(H,27,29). The number of hydrogen-bond acceptors (Lipinski definition) is 5. The van der Waals surface area contributed by atoms with Crippen molar-refractivity contribution in [2.75, 3.05) is 19.1 Å². The highest BCUT2D eigenvalue weighted by atomic mass is 32.2. The minimum absolute atomic E-state index is 0.272. The van der Waals surface area contributed by atoms with Gasteiger partial charge in [-0.15, -0.1) is 0 Å². The zero-order valence-corrected chi connectivity index (χ0v) is 22.6. The van der Waals surface area contributed by atoms with E-state index in [0.29, 0.717) is 12.2 Å². The van der Waals surface area contributed by atoms with Crippen LogP contribution in [0.1, 0.15) is 70.7 Å². The number of benzene rings is 1. The molecule has 0 saturated heterocycles. The van der Waals surface area contributed by atoms with Crippen molar-refractivity contribution in [2.45, 2.75) is 85.0 Å². The molecule has 8 heteroatoms. The molecular weight excluding hydrogens is 438 g/mol. The lowest BCUT2D eigenvalue weighted by atomic mass is 9.96. The van der Waals surface area contributed by atoms with Crippen LogP contribution < -0.4 is 10.6 Å². The van der Waals surface area contributed by atoms with Gasteiger partial charge in [-0.25, -0.2) is 4.79 Å². The Morgan fingerprint density at radius 3 is 2.18 bits per heavy atom. The van der Waals surface area contributed by atoms with E-state index in [1.165, 1.54) is 4.90 Å². The summed E-state index contributed by atoms with van der Waals surface area (Å²) in [5.41, 5.74) is 1.59. The summed E-state index contributed by atoms with van der Waals surface area (Å²) >= 11 is 1.58. The molecule has 1 aromatic rings. The zero-order chi connectivity index (χ0) is 25.6. The quantitative estimate of drug-likeness (QED) is 0.578. The summed E-state index contributed by atoms with van der Waals surface area (Å²) in [6, 6.07) is 4.17. The van der Waals surface area contributed by atoms with Crippen molar-refractivity contribution < 1.29 is 19.1 Å². The number of nitrogens with one attached hydrogen (secondary N) is 2. The maximum Gasteiger partial charge on any atom is 0.408 e. The number of carbonyl (C=O) groups excluding carboxylic acids is 3. The van der Waals surface area contributed by atoms with Crippen molar-refractivity contribution >= 4 is 29.7 Å². The summed E-state index contributed by atoms with van der Waals surface area (Å²) < 4.78 is 5.36. The van der Waals surface area contributed by atoms with Crippen LogP contribution in [0.5, 0.6) is 0 Å². The van der Waals surface area contributed by atoms with E-state index in [1.54, 1.807) is 39.6 Å². The van der Waals surface area contributed by atoms with Crippen LogP contribution in [0.4, 0.5) is 4.79 Å². The second-order valence-corrected chi connectivity index (χ2v) is 11.4. The van der Waals surface area contributed by atoms with Gasteiger partial charge in [0.25, 0.3) is 0 Å². The molecule has 0 saturated carbocycles. The molecule has 0 bridgehead atoms. The monoisotopic (exact) mass is 479 g/mol. The third-order valence-electron chi connectivity index (χ3n) is 4.80. The number of rotatable bonds is 8. The molecule has 1 rings (SSSR count). The molecule has 186 valence electrons. The Kier molecular flexibility index (Phi) is 10.3. The summed E-state index contributed by atoms with van der Waals surface area (Å²) in [5.74, 6) is 0.0535. The Hall–Kier alpha value is -2.22. The Labute approximate surface area is 203 Å². The minimum Gasteiger partial charge on any atom is -0.444 e. The second kappa shape index (κ2) is 11.8. The minimum atomic E-state index is -0.838. The number of aryl methyl sites for hydroxylation is 2. The first-order valence-electron chi connectivity index (χ1n) is 11.2. The van der Waals surface area contributed by atoms with Gasteiger partial charge in [0.1, 0.15) is 17.7 Å². The fraction of sp³-hybridized carbons (Fsp3) is 0.640. The third-order valence-corrected chi connectivity index (χ3v) is 5.45. The van der Waals surface area contributed by atoms with E-state index >= 15 is 0 Å². The smallest absolute Gasteiger partial charge is 0.408 e. The van der Waals surface area contributed by atoms with Crippen LogP contribution in [0, 0.1) is 13.8 Å². The molecule has 2 unspecified atom stereocenters. The second-order valence-electron chi connectivity index (χ2n) is 10.4. The Morgan fingerprint density at radius 1 is 1.09 bits per heavy atom. The molecular formula is C25H41N3O4S. The van der Waals surface area contributed by atoms with E-state index in [9.17, 15) is 14.4 Å². The first-order valence-corrected chi connectivity index (χ1v) is 12.6. The molecule has 3 amide bonds. The zero-order valence-electron chi connectivity index (χ0n) is 21.8. The van der Waals surface area contributed by atoms with Gasteiger partial charge in [-0.05, 0) is 84.9 Å². The lowest BCUT2D eigenvalue weighted by Crippen LogP contribution is -2.53. The molecule has 33 heavy (non-hydrogen) atoms. The van der Waals surface area contributed by atoms with Gasteiger partial charge in [-0.1, -0.05) is 23.8 Å². The summed E-state index contributed by atoms with van der Waals surface area (Å²) in [7, 11) is 1.61. The van der Waals surface area contributed by atoms with E-state index in [2.05, 4.69) is 10.6 Å². The van der Waals surface area contributed by atoms with E-state index in [0.717, 1.165) is 16.7 Å². The highest BCUT2D eigenvalue weighted by Crippen LogP contribution is 2.26. The van der Waals surface area contributed by atoms with Crippen LogP contribution in [0.3, 0.4) is 0 Å². The van der Waals surface area contributed by atoms with Crippen LogP contribution in [-0.2, 0) is 14.3 Å². The fourth-order valence-corrected chi connectivity index (χ4v) is 3.88. The first kappa shape index (κ1) is 28.8. The van der Waals surface area contributed by atoms with Crippen molar-refractivity contribution in [3.05, 3.63) is 34.9 Å². The lowest BCUT2D eigenvalue weighted by molar-refractivity contribution is -0.141. The molecule has 0 aliphatic heterocycles. The summed E-state index contributed by atoms with van der Waals surface area (Å²) in [5, 5.41) is 5.71. The van der Waals surface area contributed by atoms with Gasteiger partial charge in [-0.3, -0.25) is 9.59 Å². The van der Waals surface area contributed by atoms with Crippen molar-refractivity contribution in [1.29, 1.82) is 0 Å². The average molecular weight is 480 g/mol. The van der Waals surface area contributed by atoms with E-state index < -0.39 is 29.3 Å². The summed E-state index contributed by atoms with van der Waals surface area (Å²) in [6.07, 6.45) is 1.70. The SMILES string of the molecule is CSCCC(NC(=O)OC(C)(C)C)C(=O)N(C)C(C(=O)NC(C)(C)C)c1ccc(C)cc1C. The van der Waals surface area contributed by atoms with Crippen molar-refractivity contribution in [1.82, 2.24) is 15.5 Å². The summed E-state index contributed by atoms with van der Waals surface area (Å²) in [6.45, 7) is 14.9. The molecule has 0 aromatic heterocycles. The van der Waals surface area contributed by atoms with Gasteiger partial charge >= 0.3 is 6.09 Å². The van der Waals surface area contributed by atoms with Crippen molar-refractivity contribution in [2.24, 2.45) is 0 Å². The highest BCUT2D eigenvalue weighted by molar-refractivity contribution is 7.98. The van der Waals surface area contributed by atoms with Gasteiger partial charge in [0.15, 0.2) is 0 Å². The molecule has 2 N–H and O–H groups in total. The molecule has 0 aliphatic carbocycles. The molecule has 0 heterocycles. The predicted molar refractivity (Wildman–Crippen MR) is 135 cm³/mol. The first-order chi connectivity index (χ1) is 15.1. The summed E-state index contributed by atoms with van der Waals surface area (Å²) in [4.78, 5) is 40.8. The number of amides is 3. The van der Waals surface area contributed by atoms with Crippen LogP contribution >= 0.6 is 11.8 Å². The molecule has 0 fully saturated rings. The normalized spacial score (nSPS) is 13.6. The number of alkyl carbamates (subject to hydrolysis) is 1. The Morgan fingerprint density at radius 2 is 1.70 bits per heavy atom. The van der Waals surface area contributed by atoms with Crippen LogP contribution in [0.15, 0.2) is 18.2 Å². The lowest BCUT2D eigenvalue weighted by Gasteiger charge is -2.34. The number of likely N-dealkylation sites (N-methyl/N-ethyl adjacent to an activating group) is 1. The number of thioether (sulfide) groups is 1. The van der Waals surface area contributed by atoms with Gasteiger partial charge in [0, 0.05) is 12.6 Å². The molecule has 0 aliphatic rings. The van der Waals surface area contributed by atoms with Crippen molar-refractivity contribution in [3.63, 3.8) is 0 Å². The highest BCUT2D eigenvalue weighted by Gasteiger charge is 2.35. The fourth-order valence-electron chi connectivity index (χ4n) is 3.41. The number of hydrogen-bond donors (Lipinski definition) is 2.